The minimum absolute atomic E-state index is 0.00992. The third kappa shape index (κ3) is 3.87. The number of rotatable bonds is 4. The summed E-state index contributed by atoms with van der Waals surface area (Å²) >= 11 is 1.46. The van der Waals surface area contributed by atoms with Crippen LogP contribution in [-0.2, 0) is 20.8 Å². The summed E-state index contributed by atoms with van der Waals surface area (Å²) in [5.41, 5.74) is 1.84. The van der Waals surface area contributed by atoms with Gasteiger partial charge in [0, 0.05) is 42.5 Å². The zero-order valence-corrected chi connectivity index (χ0v) is 18.3. The number of hydrogen-bond donors (Lipinski definition) is 1. The maximum absolute atomic E-state index is 13.4. The molecule has 8 heteroatoms. The Bertz CT molecular complexity index is 1440. The van der Waals surface area contributed by atoms with Crippen molar-refractivity contribution >= 4 is 42.2 Å². The largest absolute Gasteiger partial charge is 0.288 e. The molecule has 0 radical (unpaired) electrons. The lowest BCUT2D eigenvalue weighted by Gasteiger charge is -2.12. The summed E-state index contributed by atoms with van der Waals surface area (Å²) in [4.78, 5) is 14.8. The quantitative estimate of drug-likeness (QED) is 0.504. The van der Waals surface area contributed by atoms with E-state index in [0.29, 0.717) is 27.0 Å². The lowest BCUT2D eigenvalue weighted by molar-refractivity contribution is 0.598. The maximum atomic E-state index is 13.4. The molecule has 3 aromatic carbocycles. The summed E-state index contributed by atoms with van der Waals surface area (Å²) < 4.78 is 35.7. The van der Waals surface area contributed by atoms with E-state index in [1.807, 2.05) is 18.2 Å². The van der Waals surface area contributed by atoms with Gasteiger partial charge in [-0.25, -0.2) is 13.6 Å². The van der Waals surface area contributed by atoms with Gasteiger partial charge in [-0.1, -0.05) is 36.4 Å². The van der Waals surface area contributed by atoms with Crippen LogP contribution in [0.1, 0.15) is 0 Å². The van der Waals surface area contributed by atoms with Crippen LogP contribution in [0.25, 0.3) is 31.7 Å². The minimum Gasteiger partial charge on any atom is -0.288 e. The Morgan fingerprint density at radius 1 is 0.867 bits per heavy atom. The lowest BCUT2D eigenvalue weighted by atomic mass is 10.0. The van der Waals surface area contributed by atoms with Crippen molar-refractivity contribution in [1.29, 1.82) is 0 Å². The van der Waals surface area contributed by atoms with Crippen LogP contribution < -0.4 is 10.6 Å². The zero-order chi connectivity index (χ0) is 21.5. The second-order valence-electron chi connectivity index (χ2n) is 6.68. The van der Waals surface area contributed by atoms with Gasteiger partial charge in [0.15, 0.2) is 5.43 Å². The maximum Gasteiger partial charge on any atom is 0.238 e. The van der Waals surface area contributed by atoms with Crippen molar-refractivity contribution in [3.05, 3.63) is 83.0 Å². The number of fused-ring (bicyclic) bond motifs is 1. The van der Waals surface area contributed by atoms with Gasteiger partial charge >= 0.3 is 0 Å². The van der Waals surface area contributed by atoms with Crippen molar-refractivity contribution in [3.63, 3.8) is 0 Å². The van der Waals surface area contributed by atoms with Crippen LogP contribution in [0.2, 0.25) is 0 Å². The molecule has 0 aliphatic carbocycles. The summed E-state index contributed by atoms with van der Waals surface area (Å²) in [6.07, 6.45) is 1.60. The van der Waals surface area contributed by atoms with Gasteiger partial charge in [-0.2, -0.15) is 0 Å². The molecule has 0 spiro atoms. The molecule has 2 N–H and O–H groups in total. The number of sulfonamides is 1. The topological polar surface area (TPSA) is 94.3 Å². The van der Waals surface area contributed by atoms with Crippen molar-refractivity contribution in [2.24, 2.45) is 5.14 Å². The van der Waals surface area contributed by atoms with Crippen molar-refractivity contribution in [2.45, 2.75) is 9.79 Å². The number of primary sulfonamides is 1. The molecule has 5 nitrogen and oxygen atoms in total. The Kier molecular flexibility index (Phi) is 5.42. The van der Waals surface area contributed by atoms with E-state index in [1.54, 1.807) is 48.7 Å². The molecule has 0 saturated carbocycles. The number of nitrogens with two attached hydrogens (primary N) is 1. The summed E-state index contributed by atoms with van der Waals surface area (Å²) in [6, 6.07) is 20.6. The van der Waals surface area contributed by atoms with Gasteiger partial charge in [0.1, 0.15) is 0 Å². The molecule has 0 fully saturated rings. The molecule has 4 rings (SSSR count). The molecule has 30 heavy (non-hydrogen) atoms. The van der Waals surface area contributed by atoms with Crippen molar-refractivity contribution in [3.8, 4) is 21.6 Å². The first kappa shape index (κ1) is 20.6. The van der Waals surface area contributed by atoms with E-state index in [1.165, 1.54) is 23.5 Å². The highest BCUT2D eigenvalue weighted by Gasteiger charge is 2.17. The molecular weight excluding hydrogens is 438 g/mol. The van der Waals surface area contributed by atoms with Crippen LogP contribution in [0.15, 0.2) is 87.4 Å². The molecule has 0 aliphatic heterocycles. The fraction of sp³-hybridized carbons (Fsp3) is 0.0455. The van der Waals surface area contributed by atoms with Crippen LogP contribution in [0, 0.1) is 0 Å². The van der Waals surface area contributed by atoms with Gasteiger partial charge in [-0.3, -0.25) is 9.00 Å². The van der Waals surface area contributed by atoms with Crippen LogP contribution in [0.4, 0.5) is 0 Å². The average molecular weight is 456 g/mol. The predicted molar refractivity (Wildman–Crippen MR) is 123 cm³/mol. The Balaban J connectivity index is 1.99. The summed E-state index contributed by atoms with van der Waals surface area (Å²) in [5.74, 6) is 0. The van der Waals surface area contributed by atoms with E-state index in [9.17, 15) is 17.4 Å². The predicted octanol–water partition coefficient (Wildman–Crippen LogP) is 3.98. The third-order valence-electron chi connectivity index (χ3n) is 4.72. The summed E-state index contributed by atoms with van der Waals surface area (Å²) in [7, 11) is -4.93. The molecule has 0 saturated heterocycles. The Hall–Kier alpha value is -2.65. The molecular formula is C22H17NO4S3. The molecule has 0 bridgehead atoms. The Morgan fingerprint density at radius 2 is 1.47 bits per heavy atom. The SMILES string of the molecule is CS(=O)c1ccc(-c2c(-c3ccc(S(N)(=O)=O)cc3)sc3ccccc3c2=O)cc1. The fourth-order valence-electron chi connectivity index (χ4n) is 3.22. The molecule has 1 unspecified atom stereocenters. The van der Waals surface area contributed by atoms with Crippen LogP contribution in [0.5, 0.6) is 0 Å². The van der Waals surface area contributed by atoms with Gasteiger partial charge in [-0.05, 0) is 47.5 Å². The number of hydrogen-bond acceptors (Lipinski definition) is 5. The first-order valence-electron chi connectivity index (χ1n) is 8.88. The first-order chi connectivity index (χ1) is 14.3. The standard InChI is InChI=1S/C22H17NO4S3/c1-29(25)16-10-6-14(7-11-16)20-21(24)18-4-2-3-5-19(18)28-22(20)15-8-12-17(13-9-15)30(23,26)27/h2-13H,1H3,(H2,23,26,27). The third-order valence-corrected chi connectivity index (χ3v) is 7.80. The lowest BCUT2D eigenvalue weighted by Crippen LogP contribution is -2.11. The normalized spacial score (nSPS) is 12.7. The van der Waals surface area contributed by atoms with Crippen molar-refractivity contribution < 1.29 is 12.6 Å². The smallest absolute Gasteiger partial charge is 0.238 e. The van der Waals surface area contributed by atoms with E-state index in [4.69, 9.17) is 5.14 Å². The molecule has 4 aromatic rings. The van der Waals surface area contributed by atoms with Crippen LogP contribution in [0.3, 0.4) is 0 Å². The van der Waals surface area contributed by atoms with Gasteiger partial charge in [0.05, 0.1) is 4.90 Å². The van der Waals surface area contributed by atoms with Gasteiger partial charge in [-0.15, -0.1) is 11.3 Å². The molecule has 1 atom stereocenters. The monoisotopic (exact) mass is 455 g/mol. The van der Waals surface area contributed by atoms with E-state index in [-0.39, 0.29) is 10.3 Å². The second kappa shape index (κ2) is 7.88. The molecule has 1 heterocycles. The first-order valence-corrected chi connectivity index (χ1v) is 12.8. The van der Waals surface area contributed by atoms with Crippen LogP contribution in [-0.4, -0.2) is 18.9 Å². The van der Waals surface area contributed by atoms with E-state index >= 15 is 0 Å². The Morgan fingerprint density at radius 3 is 2.07 bits per heavy atom. The molecule has 0 aliphatic rings. The molecule has 152 valence electrons. The summed E-state index contributed by atoms with van der Waals surface area (Å²) in [6.45, 7) is 0. The molecule has 0 amide bonds. The minimum atomic E-state index is -3.81. The summed E-state index contributed by atoms with van der Waals surface area (Å²) in [5, 5.41) is 5.82. The van der Waals surface area contributed by atoms with E-state index in [0.717, 1.165) is 9.58 Å². The highest BCUT2D eigenvalue weighted by atomic mass is 32.2. The van der Waals surface area contributed by atoms with E-state index < -0.39 is 20.8 Å². The average Bonchev–Trinajstić information content (AvgIpc) is 2.73. The van der Waals surface area contributed by atoms with Crippen molar-refractivity contribution in [2.75, 3.05) is 6.26 Å². The Labute approximate surface area is 180 Å². The van der Waals surface area contributed by atoms with Crippen molar-refractivity contribution in [1.82, 2.24) is 0 Å². The fourth-order valence-corrected chi connectivity index (χ4v) is 5.46. The highest BCUT2D eigenvalue weighted by Crippen LogP contribution is 2.37. The second-order valence-corrected chi connectivity index (χ2v) is 10.7. The van der Waals surface area contributed by atoms with Gasteiger partial charge in [0.2, 0.25) is 10.0 Å². The molecule has 1 aromatic heterocycles. The van der Waals surface area contributed by atoms with Crippen LogP contribution >= 0.6 is 11.3 Å². The van der Waals surface area contributed by atoms with Gasteiger partial charge < -0.3 is 0 Å². The zero-order valence-electron chi connectivity index (χ0n) is 15.9. The number of benzene rings is 3. The van der Waals surface area contributed by atoms with E-state index in [2.05, 4.69) is 0 Å². The highest BCUT2D eigenvalue weighted by molar-refractivity contribution is 7.89. The van der Waals surface area contributed by atoms with Gasteiger partial charge in [0.25, 0.3) is 0 Å².